The predicted octanol–water partition coefficient (Wildman–Crippen LogP) is 4.33. The van der Waals surface area contributed by atoms with Crippen molar-refractivity contribution in [3.8, 4) is 11.1 Å². The molecule has 0 aliphatic carbocycles. The Morgan fingerprint density at radius 1 is 1.11 bits per heavy atom. The number of ether oxygens (including phenoxy) is 1. The Hall–Kier alpha value is -3.72. The number of nitrogens with one attached hydrogen (secondary N) is 1. The van der Waals surface area contributed by atoms with E-state index in [2.05, 4.69) is 15.7 Å². The first-order valence-corrected chi connectivity index (χ1v) is 12.9. The third kappa shape index (κ3) is 6.35. The van der Waals surface area contributed by atoms with Crippen LogP contribution in [0.3, 0.4) is 0 Å². The zero-order valence-electron chi connectivity index (χ0n) is 21.7. The molecule has 2 heterocycles. The highest BCUT2D eigenvalue weighted by molar-refractivity contribution is 5.99. The van der Waals surface area contributed by atoms with Crippen LogP contribution < -0.4 is 11.2 Å². The molecule has 0 aromatic heterocycles. The third-order valence-electron chi connectivity index (χ3n) is 6.80. The van der Waals surface area contributed by atoms with Crippen LogP contribution in [-0.4, -0.2) is 67.7 Å². The molecule has 2 aromatic rings. The predicted molar refractivity (Wildman–Crippen MR) is 145 cm³/mol. The molecular formula is C28H36N6O3. The van der Waals surface area contributed by atoms with E-state index in [1.807, 2.05) is 65.3 Å². The van der Waals surface area contributed by atoms with E-state index in [0.29, 0.717) is 37.3 Å². The third-order valence-corrected chi connectivity index (χ3v) is 6.80. The highest BCUT2D eigenvalue weighted by atomic mass is 16.5. The quantitative estimate of drug-likeness (QED) is 0.300. The molecular weight excluding hydrogens is 468 g/mol. The van der Waals surface area contributed by atoms with Crippen molar-refractivity contribution in [2.45, 2.75) is 38.8 Å². The summed E-state index contributed by atoms with van der Waals surface area (Å²) in [5, 5.41) is 11.0. The van der Waals surface area contributed by atoms with Crippen molar-refractivity contribution in [1.29, 1.82) is 0 Å². The molecule has 3 N–H and O–H groups in total. The summed E-state index contributed by atoms with van der Waals surface area (Å²) in [6.07, 6.45) is 4.82. The van der Waals surface area contributed by atoms with Gasteiger partial charge in [-0.25, -0.2) is 0 Å². The molecule has 2 amide bonds. The second-order valence-corrected chi connectivity index (χ2v) is 9.43. The first-order chi connectivity index (χ1) is 18.0. The second kappa shape index (κ2) is 12.5. The van der Waals surface area contributed by atoms with E-state index in [4.69, 9.17) is 10.6 Å². The fraction of sp³-hybridized carbons (Fsp3) is 0.429. The number of methoxy groups -OCH3 is 1. The first-order valence-electron chi connectivity index (χ1n) is 12.9. The number of nitrogens with two attached hydrogens (primary N) is 1. The Labute approximate surface area is 218 Å². The Bertz CT molecular complexity index is 1160. The standard InChI is InChI=1S/C28H36N6O3/c1-3-12-33(15-16-37-2)28(36)24-17-23-11-10-22(18-25(23)30-26(19-24)31-32-29)20-6-8-21(9-7-20)27(35)34-13-4-5-14-34/h6-11,17-18,26,30H,3-5,12-16,19H2,1-2H3,(H2,29,31). The van der Waals surface area contributed by atoms with Gasteiger partial charge >= 0.3 is 0 Å². The molecule has 2 aromatic carbocycles. The molecule has 0 spiro atoms. The van der Waals surface area contributed by atoms with Crippen LogP contribution in [0.15, 0.2) is 58.4 Å². The van der Waals surface area contributed by atoms with Gasteiger partial charge in [0.1, 0.15) is 6.17 Å². The van der Waals surface area contributed by atoms with Gasteiger partial charge in [0, 0.05) is 56.5 Å². The number of hydrogen-bond acceptors (Lipinski definition) is 6. The number of carbonyl (C=O) groups is 2. The van der Waals surface area contributed by atoms with Crippen LogP contribution >= 0.6 is 0 Å². The maximum Gasteiger partial charge on any atom is 0.253 e. The minimum absolute atomic E-state index is 0.0342. The van der Waals surface area contributed by atoms with Crippen molar-refractivity contribution >= 4 is 23.6 Å². The highest BCUT2D eigenvalue weighted by Gasteiger charge is 2.25. The van der Waals surface area contributed by atoms with Gasteiger partial charge in [-0.3, -0.25) is 9.59 Å². The van der Waals surface area contributed by atoms with Gasteiger partial charge < -0.3 is 25.7 Å². The van der Waals surface area contributed by atoms with Crippen molar-refractivity contribution < 1.29 is 14.3 Å². The number of rotatable bonds is 9. The van der Waals surface area contributed by atoms with Crippen molar-refractivity contribution in [3.63, 3.8) is 0 Å². The molecule has 4 rings (SSSR count). The lowest BCUT2D eigenvalue weighted by molar-refractivity contribution is -0.127. The minimum Gasteiger partial charge on any atom is -0.383 e. The summed E-state index contributed by atoms with van der Waals surface area (Å²) in [6.45, 7) is 5.37. The van der Waals surface area contributed by atoms with Gasteiger partial charge in [-0.1, -0.05) is 36.4 Å². The van der Waals surface area contributed by atoms with E-state index in [9.17, 15) is 9.59 Å². The average Bonchev–Trinajstić information content (AvgIpc) is 3.39. The van der Waals surface area contributed by atoms with Crippen LogP contribution in [-0.2, 0) is 9.53 Å². The average molecular weight is 505 g/mol. The molecule has 9 nitrogen and oxygen atoms in total. The summed E-state index contributed by atoms with van der Waals surface area (Å²) in [5.74, 6) is 5.44. The van der Waals surface area contributed by atoms with Crippen molar-refractivity contribution in [1.82, 2.24) is 9.80 Å². The lowest BCUT2D eigenvalue weighted by atomic mass is 10.00. The number of likely N-dealkylation sites (tertiary alicyclic amines) is 1. The van der Waals surface area contributed by atoms with Crippen LogP contribution in [0.1, 0.15) is 48.5 Å². The van der Waals surface area contributed by atoms with E-state index < -0.39 is 6.17 Å². The maximum atomic E-state index is 13.4. The van der Waals surface area contributed by atoms with Gasteiger partial charge in [0.2, 0.25) is 5.91 Å². The monoisotopic (exact) mass is 504 g/mol. The highest BCUT2D eigenvalue weighted by Crippen LogP contribution is 2.32. The summed E-state index contributed by atoms with van der Waals surface area (Å²) in [7, 11) is 1.63. The lowest BCUT2D eigenvalue weighted by Gasteiger charge is -2.23. The molecule has 0 bridgehead atoms. The topological polar surface area (TPSA) is 113 Å². The molecule has 2 aliphatic heterocycles. The van der Waals surface area contributed by atoms with E-state index in [1.54, 1.807) is 7.11 Å². The van der Waals surface area contributed by atoms with E-state index >= 15 is 0 Å². The van der Waals surface area contributed by atoms with Crippen molar-refractivity contribution in [2.24, 2.45) is 16.2 Å². The minimum atomic E-state index is -0.469. The number of hydrogen-bond donors (Lipinski definition) is 2. The number of anilines is 1. The molecule has 37 heavy (non-hydrogen) atoms. The summed E-state index contributed by atoms with van der Waals surface area (Å²) in [6, 6.07) is 13.8. The number of fused-ring (bicyclic) bond motifs is 1. The summed E-state index contributed by atoms with van der Waals surface area (Å²) in [4.78, 5) is 29.8. The van der Waals surface area contributed by atoms with Gasteiger partial charge in [0.05, 0.1) is 6.61 Å². The molecule has 1 atom stereocenters. The maximum absolute atomic E-state index is 13.4. The second-order valence-electron chi connectivity index (χ2n) is 9.43. The summed E-state index contributed by atoms with van der Waals surface area (Å²) in [5.41, 5.74) is 5.08. The van der Waals surface area contributed by atoms with Crippen molar-refractivity contribution in [3.05, 3.63) is 59.2 Å². The lowest BCUT2D eigenvalue weighted by Crippen LogP contribution is -2.36. The molecule has 1 unspecified atom stereocenters. The molecule has 0 saturated carbocycles. The van der Waals surface area contributed by atoms with Gasteiger partial charge in [0.15, 0.2) is 0 Å². The van der Waals surface area contributed by atoms with Crippen molar-refractivity contribution in [2.75, 3.05) is 45.2 Å². The molecule has 2 aliphatic rings. The Morgan fingerprint density at radius 3 is 2.51 bits per heavy atom. The number of benzene rings is 2. The van der Waals surface area contributed by atoms with Crippen LogP contribution in [0.5, 0.6) is 0 Å². The normalized spacial score (nSPS) is 17.2. The molecule has 9 heteroatoms. The van der Waals surface area contributed by atoms with Crippen LogP contribution in [0.25, 0.3) is 17.2 Å². The first kappa shape index (κ1) is 26.3. The molecule has 1 fully saturated rings. The summed E-state index contributed by atoms with van der Waals surface area (Å²) < 4.78 is 5.20. The van der Waals surface area contributed by atoms with E-state index in [1.165, 1.54) is 0 Å². The molecule has 0 radical (unpaired) electrons. The van der Waals surface area contributed by atoms with Crippen LogP contribution in [0.4, 0.5) is 5.69 Å². The number of amides is 2. The number of carbonyl (C=O) groups excluding carboxylic acids is 2. The summed E-state index contributed by atoms with van der Waals surface area (Å²) >= 11 is 0. The zero-order chi connectivity index (χ0) is 26.2. The van der Waals surface area contributed by atoms with Crippen LogP contribution in [0, 0.1) is 0 Å². The van der Waals surface area contributed by atoms with Gasteiger partial charge in [-0.2, -0.15) is 0 Å². The van der Waals surface area contributed by atoms with Gasteiger partial charge in [-0.05, 0) is 60.2 Å². The van der Waals surface area contributed by atoms with E-state index in [-0.39, 0.29) is 11.8 Å². The van der Waals surface area contributed by atoms with Gasteiger partial charge in [-0.15, -0.1) is 5.11 Å². The largest absolute Gasteiger partial charge is 0.383 e. The fourth-order valence-electron chi connectivity index (χ4n) is 4.87. The Kier molecular flexibility index (Phi) is 8.90. The smallest absolute Gasteiger partial charge is 0.253 e. The molecule has 196 valence electrons. The number of nitrogens with zero attached hydrogens (tertiary/aromatic N) is 4. The fourth-order valence-corrected chi connectivity index (χ4v) is 4.87. The molecule has 1 saturated heterocycles. The van der Waals surface area contributed by atoms with Gasteiger partial charge in [0.25, 0.3) is 5.91 Å². The van der Waals surface area contributed by atoms with Crippen LogP contribution in [0.2, 0.25) is 0 Å². The Balaban J connectivity index is 1.60. The Morgan fingerprint density at radius 2 is 1.84 bits per heavy atom. The SMILES string of the molecule is CCCN(CCOC)C(=O)C1=Cc2ccc(-c3ccc(C(=O)N4CCCC4)cc3)cc2NC(N=NN)C1. The zero-order valence-corrected chi connectivity index (χ0v) is 21.7. The van der Waals surface area contributed by atoms with E-state index in [0.717, 1.165) is 54.7 Å².